The van der Waals surface area contributed by atoms with Crippen molar-refractivity contribution in [3.63, 3.8) is 0 Å². The highest BCUT2D eigenvalue weighted by atomic mass is 35.5. The minimum absolute atomic E-state index is 0.00795. The van der Waals surface area contributed by atoms with Gasteiger partial charge in [0.25, 0.3) is 0 Å². The van der Waals surface area contributed by atoms with Crippen LogP contribution in [0.5, 0.6) is 5.75 Å². The van der Waals surface area contributed by atoms with Crippen molar-refractivity contribution in [3.8, 4) is 5.75 Å². The van der Waals surface area contributed by atoms with E-state index in [-0.39, 0.29) is 37.9 Å². The van der Waals surface area contributed by atoms with Gasteiger partial charge in [-0.1, -0.05) is 53.5 Å². The number of amides is 2. The van der Waals surface area contributed by atoms with E-state index in [0.717, 1.165) is 11.3 Å². The number of fused-ring (bicyclic) bond motifs is 3. The molecule has 224 valence electrons. The fraction of sp³-hybridized carbons (Fsp3) is 0.281. The molecule has 0 radical (unpaired) electrons. The number of phenolic OH excluding ortho intramolecular Hbond substituents is 1. The van der Waals surface area contributed by atoms with Crippen LogP contribution in [-0.4, -0.2) is 44.6 Å². The van der Waals surface area contributed by atoms with Crippen molar-refractivity contribution >= 4 is 51.9 Å². The van der Waals surface area contributed by atoms with Crippen LogP contribution in [0.15, 0.2) is 60.7 Å². The maximum absolute atomic E-state index is 14.1. The van der Waals surface area contributed by atoms with E-state index in [1.54, 1.807) is 42.5 Å². The van der Waals surface area contributed by atoms with Gasteiger partial charge in [-0.25, -0.2) is 9.18 Å². The average Bonchev–Trinajstić information content (AvgIpc) is 3.33. The van der Waals surface area contributed by atoms with Crippen molar-refractivity contribution in [2.75, 3.05) is 0 Å². The molecule has 0 saturated carbocycles. The molecule has 0 aliphatic heterocycles. The predicted octanol–water partition coefficient (Wildman–Crippen LogP) is 5.50. The first-order valence-corrected chi connectivity index (χ1v) is 14.6. The highest BCUT2D eigenvalue weighted by Gasteiger charge is 2.45. The number of aryl methyl sites for hydroxylation is 3. The lowest BCUT2D eigenvalue weighted by atomic mass is 9.79. The Kier molecular flexibility index (Phi) is 8.94. The maximum Gasteiger partial charge on any atom is 0.329 e. The molecule has 11 heteroatoms. The summed E-state index contributed by atoms with van der Waals surface area (Å²) >= 11 is 12.6. The van der Waals surface area contributed by atoms with Crippen LogP contribution in [0.2, 0.25) is 10.0 Å². The molecule has 0 spiro atoms. The van der Waals surface area contributed by atoms with Crippen LogP contribution < -0.4 is 10.6 Å². The third-order valence-electron chi connectivity index (χ3n) is 7.96. The zero-order chi connectivity index (χ0) is 30.7. The Balaban J connectivity index is 1.36. The summed E-state index contributed by atoms with van der Waals surface area (Å²) < 4.78 is 14.1. The third kappa shape index (κ3) is 6.78. The number of H-pyrrole nitrogens is 1. The van der Waals surface area contributed by atoms with Crippen LogP contribution in [0.4, 0.5) is 4.39 Å². The second kappa shape index (κ2) is 12.7. The van der Waals surface area contributed by atoms with Gasteiger partial charge in [-0.05, 0) is 79.1 Å². The molecule has 3 aromatic carbocycles. The summed E-state index contributed by atoms with van der Waals surface area (Å²) in [6.45, 7) is 0. The molecule has 1 heterocycles. The topological polar surface area (TPSA) is 132 Å². The molecule has 2 atom stereocenters. The number of nitrogens with one attached hydrogen (secondary N) is 3. The van der Waals surface area contributed by atoms with E-state index in [0.29, 0.717) is 44.9 Å². The number of benzene rings is 3. The molecule has 1 aliphatic rings. The SMILES string of the molecule is O=C(CCc1ccccc1F)NC(CCc1ccc(O)cc1)C(=O)NC1(C(=O)O)CCc2[nH]c3c(Cl)cc(Cl)cc3c2C1. The Morgan fingerprint density at radius 1 is 1.05 bits per heavy atom. The van der Waals surface area contributed by atoms with Gasteiger partial charge in [0, 0.05) is 28.9 Å². The largest absolute Gasteiger partial charge is 0.508 e. The second-order valence-corrected chi connectivity index (χ2v) is 11.7. The van der Waals surface area contributed by atoms with Gasteiger partial charge in [0.1, 0.15) is 23.1 Å². The van der Waals surface area contributed by atoms with E-state index < -0.39 is 35.2 Å². The Bertz CT molecular complexity index is 1690. The van der Waals surface area contributed by atoms with Gasteiger partial charge in [0.2, 0.25) is 11.8 Å². The van der Waals surface area contributed by atoms with Gasteiger partial charge in [0.15, 0.2) is 0 Å². The monoisotopic (exact) mass is 625 g/mol. The van der Waals surface area contributed by atoms with Gasteiger partial charge < -0.3 is 25.8 Å². The first kappa shape index (κ1) is 30.4. The van der Waals surface area contributed by atoms with E-state index in [1.807, 2.05) is 0 Å². The van der Waals surface area contributed by atoms with Gasteiger partial charge in [-0.15, -0.1) is 0 Å². The van der Waals surface area contributed by atoms with E-state index >= 15 is 0 Å². The smallest absolute Gasteiger partial charge is 0.329 e. The van der Waals surface area contributed by atoms with Crippen LogP contribution in [-0.2, 0) is 40.1 Å². The summed E-state index contributed by atoms with van der Waals surface area (Å²) in [5, 5.41) is 27.0. The van der Waals surface area contributed by atoms with Crippen molar-refractivity contribution in [2.24, 2.45) is 0 Å². The third-order valence-corrected chi connectivity index (χ3v) is 8.48. The van der Waals surface area contributed by atoms with Crippen LogP contribution in [0.3, 0.4) is 0 Å². The predicted molar refractivity (Wildman–Crippen MR) is 162 cm³/mol. The number of carboxylic acids is 1. The lowest BCUT2D eigenvalue weighted by molar-refractivity contribution is -0.148. The molecular formula is C32H30Cl2FN3O5. The number of hydrogen-bond acceptors (Lipinski definition) is 4. The zero-order valence-electron chi connectivity index (χ0n) is 23.1. The van der Waals surface area contributed by atoms with E-state index in [2.05, 4.69) is 15.6 Å². The summed E-state index contributed by atoms with van der Waals surface area (Å²) in [5.41, 5.74) is 1.75. The Morgan fingerprint density at radius 2 is 1.79 bits per heavy atom. The number of carboxylic acid groups (broad SMARTS) is 1. The number of aromatic amines is 1. The minimum Gasteiger partial charge on any atom is -0.508 e. The molecule has 1 aromatic heterocycles. The van der Waals surface area contributed by atoms with Crippen LogP contribution in [0.1, 0.15) is 41.6 Å². The van der Waals surface area contributed by atoms with Crippen molar-refractivity contribution in [1.82, 2.24) is 15.6 Å². The number of aromatic nitrogens is 1. The maximum atomic E-state index is 14.1. The molecule has 1 aliphatic carbocycles. The molecule has 5 N–H and O–H groups in total. The Hall–Kier alpha value is -4.08. The van der Waals surface area contributed by atoms with E-state index in [9.17, 15) is 29.0 Å². The summed E-state index contributed by atoms with van der Waals surface area (Å²) in [6.07, 6.45) is 1.07. The highest BCUT2D eigenvalue weighted by molar-refractivity contribution is 6.38. The lowest BCUT2D eigenvalue weighted by Crippen LogP contribution is -2.61. The average molecular weight is 627 g/mol. The number of hydrogen-bond donors (Lipinski definition) is 5. The number of phenols is 1. The number of carbonyl (C=O) groups is 3. The quantitative estimate of drug-likeness (QED) is 0.159. The lowest BCUT2D eigenvalue weighted by Gasteiger charge is -2.35. The summed E-state index contributed by atoms with van der Waals surface area (Å²) in [5.74, 6) is -2.63. The van der Waals surface area contributed by atoms with E-state index in [4.69, 9.17) is 23.2 Å². The highest BCUT2D eigenvalue weighted by Crippen LogP contribution is 2.38. The fourth-order valence-corrected chi connectivity index (χ4v) is 6.14. The van der Waals surface area contributed by atoms with Gasteiger partial charge >= 0.3 is 5.97 Å². The molecule has 0 bridgehead atoms. The first-order chi connectivity index (χ1) is 20.5. The second-order valence-electron chi connectivity index (χ2n) is 10.9. The van der Waals surface area contributed by atoms with Crippen molar-refractivity contribution < 1.29 is 29.0 Å². The molecule has 0 saturated heterocycles. The molecule has 2 unspecified atom stereocenters. The normalized spacial score (nSPS) is 16.8. The summed E-state index contributed by atoms with van der Waals surface area (Å²) in [6, 6.07) is 14.9. The molecule has 8 nitrogen and oxygen atoms in total. The molecule has 43 heavy (non-hydrogen) atoms. The Labute approximate surface area is 257 Å². The first-order valence-electron chi connectivity index (χ1n) is 13.9. The van der Waals surface area contributed by atoms with Gasteiger partial charge in [-0.3, -0.25) is 9.59 Å². The molecule has 5 rings (SSSR count). The van der Waals surface area contributed by atoms with Gasteiger partial charge in [0.05, 0.1) is 10.5 Å². The standard InChI is InChI=1S/C32H30Cl2FN3O5/c33-20-15-22-23-17-32(31(42)43,14-13-26(23)37-29(22)24(34)16-20)38-30(41)27(11-7-18-5-9-21(39)10-6-18)36-28(40)12-8-19-3-1-2-4-25(19)35/h1-6,9-10,15-16,27,37,39H,7-8,11-14,17H2,(H,36,40)(H,38,41)(H,42,43). The summed E-state index contributed by atoms with van der Waals surface area (Å²) in [7, 11) is 0. The van der Waals surface area contributed by atoms with Crippen molar-refractivity contribution in [1.29, 1.82) is 0 Å². The number of carbonyl (C=O) groups excluding carboxylic acids is 2. The van der Waals surface area contributed by atoms with Crippen LogP contribution in [0.25, 0.3) is 10.9 Å². The summed E-state index contributed by atoms with van der Waals surface area (Å²) in [4.78, 5) is 42.7. The van der Waals surface area contributed by atoms with Crippen LogP contribution >= 0.6 is 23.2 Å². The molecular weight excluding hydrogens is 596 g/mol. The molecule has 4 aromatic rings. The van der Waals surface area contributed by atoms with E-state index in [1.165, 1.54) is 18.2 Å². The Morgan fingerprint density at radius 3 is 2.51 bits per heavy atom. The van der Waals surface area contributed by atoms with Crippen molar-refractivity contribution in [3.05, 3.63) is 98.9 Å². The molecule has 2 amide bonds. The zero-order valence-corrected chi connectivity index (χ0v) is 24.6. The molecule has 0 fully saturated rings. The number of aromatic hydroxyl groups is 1. The number of halogens is 3. The number of aliphatic carboxylic acids is 1. The number of rotatable bonds is 10. The minimum atomic E-state index is -1.64. The van der Waals surface area contributed by atoms with Gasteiger partial charge in [-0.2, -0.15) is 0 Å². The fourth-order valence-electron chi connectivity index (χ4n) is 5.60. The van der Waals surface area contributed by atoms with Crippen LogP contribution in [0, 0.1) is 5.82 Å². The van der Waals surface area contributed by atoms with Crippen molar-refractivity contribution in [2.45, 2.75) is 56.5 Å².